The number of halogens is 2. The zero-order valence-electron chi connectivity index (χ0n) is 13.8. The molecule has 0 spiro atoms. The number of anilines is 2. The van der Waals surface area contributed by atoms with Gasteiger partial charge in [-0.25, -0.2) is 4.98 Å². The van der Waals surface area contributed by atoms with E-state index < -0.39 is 5.91 Å². The highest BCUT2D eigenvalue weighted by atomic mass is 35.5. The van der Waals surface area contributed by atoms with E-state index in [1.807, 2.05) is 6.07 Å². The SMILES string of the molecule is CN1CCc2nc(N/C=C(/C#N)C(=O)Nc3ccc(Cl)cc3Cl)sc2C1. The number of carbonyl (C=O) groups is 1. The molecule has 0 fully saturated rings. The molecule has 1 aliphatic rings. The van der Waals surface area contributed by atoms with Crippen LogP contribution in [0.3, 0.4) is 0 Å². The third kappa shape index (κ3) is 4.34. The number of nitriles is 1. The number of benzene rings is 1. The standard InChI is InChI=1S/C17H15Cl2N5OS/c1-24-5-4-14-15(9-24)26-17(23-14)21-8-10(7-20)16(25)22-13-3-2-11(18)6-12(13)19/h2-3,6,8H,4-5,9H2,1H3,(H,21,23)(H,22,25)/b10-8-. The molecule has 0 saturated carbocycles. The first-order valence-electron chi connectivity index (χ1n) is 7.76. The van der Waals surface area contributed by atoms with Crippen molar-refractivity contribution in [2.45, 2.75) is 13.0 Å². The van der Waals surface area contributed by atoms with Gasteiger partial charge in [-0.1, -0.05) is 23.2 Å². The normalized spacial score (nSPS) is 14.5. The summed E-state index contributed by atoms with van der Waals surface area (Å²) in [5.74, 6) is -0.565. The van der Waals surface area contributed by atoms with Crippen LogP contribution in [-0.2, 0) is 17.8 Å². The molecule has 0 radical (unpaired) electrons. The van der Waals surface area contributed by atoms with E-state index >= 15 is 0 Å². The zero-order valence-corrected chi connectivity index (χ0v) is 16.2. The molecule has 2 heterocycles. The van der Waals surface area contributed by atoms with Crippen LogP contribution in [0.2, 0.25) is 10.0 Å². The Labute approximate surface area is 165 Å². The number of nitrogens with one attached hydrogen (secondary N) is 2. The van der Waals surface area contributed by atoms with E-state index in [-0.39, 0.29) is 5.57 Å². The number of rotatable bonds is 4. The lowest BCUT2D eigenvalue weighted by Crippen LogP contribution is -2.25. The second-order valence-electron chi connectivity index (χ2n) is 5.77. The summed E-state index contributed by atoms with van der Waals surface area (Å²) in [6, 6.07) is 6.58. The average Bonchev–Trinajstić information content (AvgIpc) is 3.00. The second-order valence-corrected chi connectivity index (χ2v) is 7.70. The molecule has 26 heavy (non-hydrogen) atoms. The van der Waals surface area contributed by atoms with Gasteiger partial charge in [0.2, 0.25) is 0 Å². The quantitative estimate of drug-likeness (QED) is 0.593. The van der Waals surface area contributed by atoms with E-state index in [1.165, 1.54) is 28.5 Å². The van der Waals surface area contributed by atoms with E-state index in [1.54, 1.807) is 12.1 Å². The predicted molar refractivity (Wildman–Crippen MR) is 105 cm³/mol. The fourth-order valence-electron chi connectivity index (χ4n) is 2.45. The van der Waals surface area contributed by atoms with Crippen molar-refractivity contribution >= 4 is 51.3 Å². The Morgan fingerprint density at radius 1 is 1.46 bits per heavy atom. The number of amides is 1. The number of hydrogen-bond donors (Lipinski definition) is 2. The lowest BCUT2D eigenvalue weighted by Gasteiger charge is -2.20. The maximum absolute atomic E-state index is 12.3. The summed E-state index contributed by atoms with van der Waals surface area (Å²) in [6.07, 6.45) is 2.25. The summed E-state index contributed by atoms with van der Waals surface area (Å²) >= 11 is 13.4. The summed E-state index contributed by atoms with van der Waals surface area (Å²) in [6.45, 7) is 1.83. The van der Waals surface area contributed by atoms with Crippen LogP contribution in [0.1, 0.15) is 10.6 Å². The fourth-order valence-corrected chi connectivity index (χ4v) is 3.96. The molecule has 1 aromatic carbocycles. The monoisotopic (exact) mass is 407 g/mol. The van der Waals surface area contributed by atoms with E-state index in [0.717, 1.165) is 25.2 Å². The number of likely N-dealkylation sites (N-methyl/N-ethyl adjacent to an activating group) is 1. The molecule has 9 heteroatoms. The molecule has 1 aromatic heterocycles. The third-order valence-corrected chi connectivity index (χ3v) is 5.37. The van der Waals surface area contributed by atoms with Crippen LogP contribution in [0.15, 0.2) is 30.0 Å². The first kappa shape index (κ1) is 18.7. The molecule has 1 amide bonds. The van der Waals surface area contributed by atoms with Gasteiger partial charge in [-0.3, -0.25) is 4.79 Å². The summed E-state index contributed by atoms with van der Waals surface area (Å²) < 4.78 is 0. The Bertz CT molecular complexity index is 918. The van der Waals surface area contributed by atoms with Gasteiger partial charge in [0.25, 0.3) is 5.91 Å². The molecule has 0 unspecified atom stereocenters. The molecule has 0 aliphatic carbocycles. The molecule has 3 rings (SSSR count). The van der Waals surface area contributed by atoms with E-state index in [2.05, 4.69) is 27.6 Å². The van der Waals surface area contributed by atoms with Gasteiger partial charge >= 0.3 is 0 Å². The number of carbonyl (C=O) groups excluding carboxylic acids is 1. The molecular weight excluding hydrogens is 393 g/mol. The third-order valence-electron chi connectivity index (χ3n) is 3.81. The highest BCUT2D eigenvalue weighted by Gasteiger charge is 2.18. The smallest absolute Gasteiger partial charge is 0.267 e. The van der Waals surface area contributed by atoms with Crippen LogP contribution in [-0.4, -0.2) is 29.4 Å². The first-order chi connectivity index (χ1) is 12.5. The average molecular weight is 408 g/mol. The van der Waals surface area contributed by atoms with Gasteiger partial charge in [0.05, 0.1) is 16.4 Å². The van der Waals surface area contributed by atoms with Gasteiger partial charge in [-0.15, -0.1) is 11.3 Å². The molecule has 0 bridgehead atoms. The molecule has 2 aromatic rings. The minimum Gasteiger partial charge on any atom is -0.337 e. The van der Waals surface area contributed by atoms with Crippen molar-refractivity contribution in [1.29, 1.82) is 5.26 Å². The molecule has 1 aliphatic heterocycles. The van der Waals surface area contributed by atoms with E-state index in [0.29, 0.717) is 20.9 Å². The van der Waals surface area contributed by atoms with Gasteiger partial charge in [-0.05, 0) is 25.2 Å². The summed E-state index contributed by atoms with van der Waals surface area (Å²) in [7, 11) is 2.07. The van der Waals surface area contributed by atoms with Crippen molar-refractivity contribution in [1.82, 2.24) is 9.88 Å². The van der Waals surface area contributed by atoms with Crippen LogP contribution < -0.4 is 10.6 Å². The molecule has 134 valence electrons. The fraction of sp³-hybridized carbons (Fsp3) is 0.235. The second kappa shape index (κ2) is 8.06. The maximum atomic E-state index is 12.3. The van der Waals surface area contributed by atoms with Gasteiger partial charge < -0.3 is 15.5 Å². The number of thiazole rings is 1. The Morgan fingerprint density at radius 3 is 3.00 bits per heavy atom. The molecular formula is C17H15Cl2N5OS. The Morgan fingerprint density at radius 2 is 2.27 bits per heavy atom. The van der Waals surface area contributed by atoms with Crippen molar-refractivity contribution in [3.05, 3.63) is 50.6 Å². The molecule has 0 atom stereocenters. The highest BCUT2D eigenvalue weighted by Crippen LogP contribution is 2.28. The summed E-state index contributed by atoms with van der Waals surface area (Å²) in [5, 5.41) is 16.2. The van der Waals surface area contributed by atoms with Crippen LogP contribution >= 0.6 is 34.5 Å². The Hall–Kier alpha value is -2.11. The zero-order chi connectivity index (χ0) is 18.7. The van der Waals surface area contributed by atoms with Crippen LogP contribution in [0, 0.1) is 11.3 Å². The molecule has 0 saturated heterocycles. The minimum absolute atomic E-state index is 0.0821. The predicted octanol–water partition coefficient (Wildman–Crippen LogP) is 3.90. The van der Waals surface area contributed by atoms with Crippen LogP contribution in [0.4, 0.5) is 10.8 Å². The topological polar surface area (TPSA) is 81.1 Å². The maximum Gasteiger partial charge on any atom is 0.267 e. The highest BCUT2D eigenvalue weighted by molar-refractivity contribution is 7.15. The number of hydrogen-bond acceptors (Lipinski definition) is 6. The van der Waals surface area contributed by atoms with E-state index in [9.17, 15) is 10.1 Å². The van der Waals surface area contributed by atoms with Crippen molar-refractivity contribution in [2.75, 3.05) is 24.2 Å². The molecule has 6 nitrogen and oxygen atoms in total. The van der Waals surface area contributed by atoms with Crippen molar-refractivity contribution < 1.29 is 4.79 Å². The number of aromatic nitrogens is 1. The Balaban J connectivity index is 1.70. The van der Waals surface area contributed by atoms with Gasteiger partial charge in [0.1, 0.15) is 11.6 Å². The molecule has 2 N–H and O–H groups in total. The first-order valence-corrected chi connectivity index (χ1v) is 9.34. The lowest BCUT2D eigenvalue weighted by molar-refractivity contribution is -0.112. The number of fused-ring (bicyclic) bond motifs is 1. The van der Waals surface area contributed by atoms with Gasteiger partial charge in [0, 0.05) is 35.6 Å². The van der Waals surface area contributed by atoms with Crippen molar-refractivity contribution in [2.24, 2.45) is 0 Å². The minimum atomic E-state index is -0.565. The largest absolute Gasteiger partial charge is 0.337 e. The van der Waals surface area contributed by atoms with Crippen molar-refractivity contribution in [3.8, 4) is 6.07 Å². The van der Waals surface area contributed by atoms with Gasteiger partial charge in [0.15, 0.2) is 5.13 Å². The van der Waals surface area contributed by atoms with E-state index in [4.69, 9.17) is 23.2 Å². The summed E-state index contributed by atoms with van der Waals surface area (Å²) in [4.78, 5) is 20.2. The Kier molecular flexibility index (Phi) is 5.79. The van der Waals surface area contributed by atoms with Gasteiger partial charge in [-0.2, -0.15) is 5.26 Å². The summed E-state index contributed by atoms with van der Waals surface area (Å²) in [5.41, 5.74) is 1.37. The van der Waals surface area contributed by atoms with Crippen molar-refractivity contribution in [3.63, 3.8) is 0 Å². The number of nitrogens with zero attached hydrogens (tertiary/aromatic N) is 3. The van der Waals surface area contributed by atoms with Crippen LogP contribution in [0.25, 0.3) is 0 Å². The lowest BCUT2D eigenvalue weighted by atomic mass is 10.2. The van der Waals surface area contributed by atoms with Crippen LogP contribution in [0.5, 0.6) is 0 Å².